The molecule has 0 bridgehead atoms. The molecule has 1 atom stereocenters. The van der Waals surface area contributed by atoms with E-state index in [0.717, 1.165) is 6.07 Å². The van der Waals surface area contributed by atoms with Gasteiger partial charge in [-0.05, 0) is 23.9 Å². The minimum absolute atomic E-state index is 0.0652. The van der Waals surface area contributed by atoms with Crippen LogP contribution >= 0.6 is 11.6 Å². The molecule has 0 fully saturated rings. The van der Waals surface area contributed by atoms with E-state index in [-0.39, 0.29) is 17.3 Å². The monoisotopic (exact) mass is 281 g/mol. The maximum atomic E-state index is 12.5. The smallest absolute Gasteiger partial charge is 0.367 e. The van der Waals surface area contributed by atoms with E-state index < -0.39 is 17.2 Å². The van der Waals surface area contributed by atoms with Gasteiger partial charge in [0.15, 0.2) is 5.69 Å². The number of hydrogen-bond donors (Lipinski definition) is 1. The lowest BCUT2D eigenvalue weighted by molar-refractivity contribution is -0.141. The predicted molar refractivity (Wildman–Crippen MR) is 64.6 cm³/mol. The highest BCUT2D eigenvalue weighted by Gasteiger charge is 2.34. The number of aromatic nitrogens is 2. The standard InChI is InChI=1S/C11H15ClF3N3/c1-6(10(2,3)4)16-8-5-7(11(13,14)15)17-9(12)18-8/h5-6H,1-4H3,(H,16,17,18). The van der Waals surface area contributed by atoms with Crippen molar-refractivity contribution in [2.45, 2.75) is 39.9 Å². The number of rotatable bonds is 2. The second kappa shape index (κ2) is 4.91. The molecule has 1 rings (SSSR count). The SMILES string of the molecule is CC(Nc1cc(C(F)(F)F)nc(Cl)n1)C(C)(C)C. The lowest BCUT2D eigenvalue weighted by Crippen LogP contribution is -2.31. The largest absolute Gasteiger partial charge is 0.433 e. The van der Waals surface area contributed by atoms with Gasteiger partial charge in [-0.3, -0.25) is 0 Å². The number of anilines is 1. The summed E-state index contributed by atoms with van der Waals surface area (Å²) in [5, 5.41) is 2.48. The molecule has 0 radical (unpaired) electrons. The van der Waals surface area contributed by atoms with Gasteiger partial charge >= 0.3 is 6.18 Å². The van der Waals surface area contributed by atoms with Gasteiger partial charge in [0.25, 0.3) is 0 Å². The zero-order valence-corrected chi connectivity index (χ0v) is 11.3. The van der Waals surface area contributed by atoms with Crippen molar-refractivity contribution in [2.75, 3.05) is 5.32 Å². The predicted octanol–water partition coefficient (Wildman–Crippen LogP) is 4.00. The van der Waals surface area contributed by atoms with Crippen LogP contribution < -0.4 is 5.32 Å². The lowest BCUT2D eigenvalue weighted by Gasteiger charge is -2.28. The minimum atomic E-state index is -4.53. The molecule has 1 unspecified atom stereocenters. The molecule has 0 aromatic carbocycles. The molecule has 0 saturated heterocycles. The lowest BCUT2D eigenvalue weighted by atomic mass is 9.88. The summed E-state index contributed by atoms with van der Waals surface area (Å²) in [5.74, 6) is 0.0738. The topological polar surface area (TPSA) is 37.8 Å². The highest BCUT2D eigenvalue weighted by molar-refractivity contribution is 6.28. The fourth-order valence-corrected chi connectivity index (χ4v) is 1.26. The van der Waals surface area contributed by atoms with Crippen LogP contribution in [0.25, 0.3) is 0 Å². The molecule has 0 spiro atoms. The van der Waals surface area contributed by atoms with E-state index in [9.17, 15) is 13.2 Å². The molecule has 1 heterocycles. The average Bonchev–Trinajstić information content (AvgIpc) is 2.13. The van der Waals surface area contributed by atoms with Crippen molar-refractivity contribution < 1.29 is 13.2 Å². The van der Waals surface area contributed by atoms with Gasteiger partial charge in [0.05, 0.1) is 0 Å². The third-order valence-corrected chi connectivity index (χ3v) is 2.82. The van der Waals surface area contributed by atoms with Gasteiger partial charge < -0.3 is 5.32 Å². The summed E-state index contributed by atoms with van der Waals surface area (Å²) >= 11 is 5.49. The molecule has 3 nitrogen and oxygen atoms in total. The van der Waals surface area contributed by atoms with Crippen LogP contribution in [0.5, 0.6) is 0 Å². The first-order valence-electron chi connectivity index (χ1n) is 5.38. The minimum Gasteiger partial charge on any atom is -0.367 e. The Morgan fingerprint density at radius 2 is 1.78 bits per heavy atom. The van der Waals surface area contributed by atoms with Crippen LogP contribution in [0.15, 0.2) is 6.07 Å². The molecule has 0 aliphatic carbocycles. The Balaban J connectivity index is 3.01. The van der Waals surface area contributed by atoms with Crippen molar-refractivity contribution in [1.29, 1.82) is 0 Å². The highest BCUT2D eigenvalue weighted by atomic mass is 35.5. The van der Waals surface area contributed by atoms with E-state index in [0.29, 0.717) is 0 Å². The Hall–Kier alpha value is -1.04. The van der Waals surface area contributed by atoms with E-state index in [4.69, 9.17) is 11.6 Å². The summed E-state index contributed by atoms with van der Waals surface area (Å²) in [5.41, 5.74) is -1.17. The first-order valence-corrected chi connectivity index (χ1v) is 5.76. The summed E-state index contributed by atoms with van der Waals surface area (Å²) in [6.45, 7) is 7.78. The first kappa shape index (κ1) is 15.0. The fraction of sp³-hybridized carbons (Fsp3) is 0.636. The molecule has 0 aliphatic heterocycles. The zero-order valence-electron chi connectivity index (χ0n) is 10.6. The van der Waals surface area contributed by atoms with Gasteiger partial charge in [0.2, 0.25) is 5.28 Å². The maximum absolute atomic E-state index is 12.5. The molecule has 1 aromatic rings. The van der Waals surface area contributed by atoms with Crippen molar-refractivity contribution in [3.63, 3.8) is 0 Å². The summed E-state index contributed by atoms with van der Waals surface area (Å²) in [6, 6.07) is 0.790. The van der Waals surface area contributed by atoms with E-state index >= 15 is 0 Å². The summed E-state index contributed by atoms with van der Waals surface area (Å²) < 4.78 is 37.6. The Bertz CT molecular complexity index is 427. The number of alkyl halides is 3. The second-order valence-corrected chi connectivity index (χ2v) is 5.48. The molecule has 7 heteroatoms. The van der Waals surface area contributed by atoms with E-state index in [1.807, 2.05) is 27.7 Å². The van der Waals surface area contributed by atoms with Crippen LogP contribution in [-0.4, -0.2) is 16.0 Å². The van der Waals surface area contributed by atoms with Gasteiger partial charge in [0, 0.05) is 12.1 Å². The Morgan fingerprint density at radius 1 is 1.22 bits per heavy atom. The molecule has 1 N–H and O–H groups in total. The van der Waals surface area contributed by atoms with Crippen LogP contribution in [0.2, 0.25) is 5.28 Å². The maximum Gasteiger partial charge on any atom is 0.433 e. The van der Waals surface area contributed by atoms with Gasteiger partial charge in [-0.15, -0.1) is 0 Å². The summed E-state index contributed by atoms with van der Waals surface area (Å²) in [4.78, 5) is 6.91. The van der Waals surface area contributed by atoms with Crippen LogP contribution in [0.1, 0.15) is 33.4 Å². The van der Waals surface area contributed by atoms with Crippen LogP contribution in [0, 0.1) is 5.41 Å². The average molecular weight is 282 g/mol. The highest BCUT2D eigenvalue weighted by Crippen LogP contribution is 2.30. The fourth-order valence-electron chi connectivity index (χ4n) is 1.08. The van der Waals surface area contributed by atoms with Crippen LogP contribution in [0.3, 0.4) is 0 Å². The van der Waals surface area contributed by atoms with E-state index in [1.54, 1.807) is 0 Å². The number of nitrogens with one attached hydrogen (secondary N) is 1. The molecular weight excluding hydrogens is 267 g/mol. The van der Waals surface area contributed by atoms with Gasteiger partial charge in [-0.2, -0.15) is 13.2 Å². The van der Waals surface area contributed by atoms with Crippen molar-refractivity contribution in [3.05, 3.63) is 17.0 Å². The number of hydrogen-bond acceptors (Lipinski definition) is 3. The molecule has 102 valence electrons. The first-order chi connectivity index (χ1) is 8.00. The van der Waals surface area contributed by atoms with Crippen LogP contribution in [-0.2, 0) is 6.18 Å². The van der Waals surface area contributed by atoms with Crippen molar-refractivity contribution in [3.8, 4) is 0 Å². The van der Waals surface area contributed by atoms with E-state index in [2.05, 4.69) is 15.3 Å². The van der Waals surface area contributed by atoms with Gasteiger partial charge in [-0.25, -0.2) is 9.97 Å². The molecule has 0 amide bonds. The zero-order chi connectivity index (χ0) is 14.1. The molecular formula is C11H15ClF3N3. The normalized spacial score (nSPS) is 14.4. The second-order valence-electron chi connectivity index (χ2n) is 5.14. The molecule has 1 aromatic heterocycles. The molecule has 0 saturated carbocycles. The van der Waals surface area contributed by atoms with Gasteiger partial charge in [0.1, 0.15) is 5.82 Å². The molecule has 18 heavy (non-hydrogen) atoms. The summed E-state index contributed by atoms with van der Waals surface area (Å²) in [7, 11) is 0. The quantitative estimate of drug-likeness (QED) is 0.833. The Morgan fingerprint density at radius 3 is 2.22 bits per heavy atom. The van der Waals surface area contributed by atoms with Crippen molar-refractivity contribution in [2.24, 2.45) is 5.41 Å². The van der Waals surface area contributed by atoms with Crippen molar-refractivity contribution >= 4 is 17.4 Å². The summed E-state index contributed by atoms with van der Waals surface area (Å²) in [6.07, 6.45) is -4.53. The van der Waals surface area contributed by atoms with Crippen LogP contribution in [0.4, 0.5) is 19.0 Å². The van der Waals surface area contributed by atoms with E-state index in [1.165, 1.54) is 0 Å². The third kappa shape index (κ3) is 4.01. The Kier molecular flexibility index (Phi) is 4.10. The third-order valence-electron chi connectivity index (χ3n) is 2.65. The van der Waals surface area contributed by atoms with Crippen molar-refractivity contribution in [1.82, 2.24) is 9.97 Å². The van der Waals surface area contributed by atoms with Gasteiger partial charge in [-0.1, -0.05) is 20.8 Å². The Labute approximate surface area is 109 Å². The number of nitrogens with zero attached hydrogens (tertiary/aromatic N) is 2. The molecule has 0 aliphatic rings. The number of halogens is 4.